The number of aliphatic hydroxyl groups is 1. The second kappa shape index (κ2) is 11.0. The van der Waals surface area contributed by atoms with Gasteiger partial charge in [-0.25, -0.2) is 0 Å². The molecule has 37 heavy (non-hydrogen) atoms. The van der Waals surface area contributed by atoms with Crippen molar-refractivity contribution in [1.29, 1.82) is 0 Å². The van der Waals surface area contributed by atoms with Crippen LogP contribution in [0.3, 0.4) is 0 Å². The fraction of sp³-hybridized carbons (Fsp3) is 0.533. The van der Waals surface area contributed by atoms with E-state index in [4.69, 9.17) is 16.3 Å². The molecule has 6 nitrogen and oxygen atoms in total. The van der Waals surface area contributed by atoms with Crippen molar-refractivity contribution in [3.05, 3.63) is 64.2 Å². The van der Waals surface area contributed by atoms with Crippen molar-refractivity contribution in [2.45, 2.75) is 57.5 Å². The van der Waals surface area contributed by atoms with Crippen molar-refractivity contribution in [2.24, 2.45) is 11.3 Å². The Morgan fingerprint density at radius 3 is 2.49 bits per heavy atom. The lowest BCUT2D eigenvalue weighted by atomic mass is 9.56. The van der Waals surface area contributed by atoms with Crippen molar-refractivity contribution in [2.75, 3.05) is 34.3 Å². The first-order valence-electron chi connectivity index (χ1n) is 13.2. The number of benzene rings is 2. The zero-order valence-corrected chi connectivity index (χ0v) is 23.2. The lowest BCUT2D eigenvalue weighted by Gasteiger charge is -2.53. The van der Waals surface area contributed by atoms with Crippen LogP contribution in [0.1, 0.15) is 66.9 Å². The van der Waals surface area contributed by atoms with E-state index < -0.39 is 5.60 Å². The highest BCUT2D eigenvalue weighted by Gasteiger charge is 2.47. The number of carbonyl (C=O) groups is 2. The van der Waals surface area contributed by atoms with Gasteiger partial charge in [0.1, 0.15) is 5.75 Å². The Labute approximate surface area is 225 Å². The summed E-state index contributed by atoms with van der Waals surface area (Å²) in [5.74, 6) is 1.05. The molecule has 0 radical (unpaired) electrons. The quantitative estimate of drug-likeness (QED) is 0.506. The van der Waals surface area contributed by atoms with Crippen LogP contribution in [0, 0.1) is 11.3 Å². The highest BCUT2D eigenvalue weighted by atomic mass is 35.5. The lowest BCUT2D eigenvalue weighted by Crippen LogP contribution is -2.53. The highest BCUT2D eigenvalue weighted by Crippen LogP contribution is 2.54. The molecule has 200 valence electrons. The zero-order chi connectivity index (χ0) is 26.8. The molecule has 1 spiro atoms. The van der Waals surface area contributed by atoms with Gasteiger partial charge < -0.3 is 19.6 Å². The molecule has 2 aromatic carbocycles. The smallest absolute Gasteiger partial charge is 0.258 e. The monoisotopic (exact) mass is 526 g/mol. The van der Waals surface area contributed by atoms with Crippen LogP contribution in [-0.2, 0) is 16.8 Å². The minimum atomic E-state index is -1.57. The van der Waals surface area contributed by atoms with E-state index in [-0.39, 0.29) is 11.8 Å². The minimum Gasteiger partial charge on any atom is -0.497 e. The number of hydrogen-bond donors (Lipinski definition) is 1. The molecule has 1 heterocycles. The van der Waals surface area contributed by atoms with E-state index >= 15 is 0 Å². The summed E-state index contributed by atoms with van der Waals surface area (Å²) in [5.41, 5.74) is 1.06. The van der Waals surface area contributed by atoms with Gasteiger partial charge in [0, 0.05) is 27.2 Å². The van der Waals surface area contributed by atoms with Crippen molar-refractivity contribution < 1.29 is 19.4 Å². The SMILES string of the molecule is COc1cccc(C(C)(O)C(=O)N2CCC3(CC2)CC(CCCc2ccc(C(=O)N(C)C)c(Cl)c2)C3)c1. The van der Waals surface area contributed by atoms with Crippen molar-refractivity contribution in [3.8, 4) is 5.75 Å². The Hall–Kier alpha value is -2.57. The number of likely N-dealkylation sites (tertiary alicyclic amines) is 1. The van der Waals surface area contributed by atoms with Crippen molar-refractivity contribution >= 4 is 23.4 Å². The maximum absolute atomic E-state index is 13.2. The number of aryl methyl sites for hydroxylation is 1. The number of methoxy groups -OCH3 is 1. The van der Waals surface area contributed by atoms with E-state index in [1.165, 1.54) is 29.7 Å². The summed E-state index contributed by atoms with van der Waals surface area (Å²) in [6, 6.07) is 12.9. The average molecular weight is 527 g/mol. The summed E-state index contributed by atoms with van der Waals surface area (Å²) < 4.78 is 5.26. The number of amides is 2. The first-order valence-corrected chi connectivity index (χ1v) is 13.6. The van der Waals surface area contributed by atoms with Gasteiger partial charge in [-0.3, -0.25) is 9.59 Å². The number of piperidine rings is 1. The number of hydrogen-bond acceptors (Lipinski definition) is 4. The average Bonchev–Trinajstić information content (AvgIpc) is 2.87. The van der Waals surface area contributed by atoms with Gasteiger partial charge in [0.05, 0.1) is 17.7 Å². The molecule has 1 saturated heterocycles. The van der Waals surface area contributed by atoms with Crippen LogP contribution in [0.2, 0.25) is 5.02 Å². The van der Waals surface area contributed by atoms with Crippen molar-refractivity contribution in [1.82, 2.24) is 9.80 Å². The molecule has 1 aliphatic heterocycles. The van der Waals surface area contributed by atoms with E-state index in [9.17, 15) is 14.7 Å². The molecule has 7 heteroatoms. The third kappa shape index (κ3) is 5.96. The zero-order valence-electron chi connectivity index (χ0n) is 22.4. The molecule has 1 saturated carbocycles. The predicted molar refractivity (Wildman–Crippen MR) is 146 cm³/mol. The molecule has 1 N–H and O–H groups in total. The lowest BCUT2D eigenvalue weighted by molar-refractivity contribution is -0.154. The van der Waals surface area contributed by atoms with Crippen LogP contribution < -0.4 is 4.74 Å². The molecule has 2 aromatic rings. The molecule has 2 amide bonds. The van der Waals surface area contributed by atoms with Crippen LogP contribution >= 0.6 is 11.6 Å². The van der Waals surface area contributed by atoms with Gasteiger partial charge in [0.15, 0.2) is 5.60 Å². The molecular formula is C30H39ClN2O4. The molecular weight excluding hydrogens is 488 g/mol. The van der Waals surface area contributed by atoms with Crippen LogP contribution in [0.4, 0.5) is 0 Å². The summed E-state index contributed by atoms with van der Waals surface area (Å²) in [4.78, 5) is 28.7. The van der Waals surface area contributed by atoms with Crippen LogP contribution in [0.5, 0.6) is 5.75 Å². The summed E-state index contributed by atoms with van der Waals surface area (Å²) in [6.45, 7) is 2.97. The molecule has 2 aliphatic rings. The van der Waals surface area contributed by atoms with Gasteiger partial charge >= 0.3 is 0 Å². The predicted octanol–water partition coefficient (Wildman–Crippen LogP) is 5.30. The first kappa shape index (κ1) is 27.5. The largest absolute Gasteiger partial charge is 0.497 e. The standard InChI is InChI=1S/C30H39ClN2O4/c1-29(36,23-9-6-10-24(18-23)37-4)28(35)33-15-13-30(14-16-33)19-22(20-30)8-5-7-21-11-12-25(26(31)17-21)27(34)32(2)3/h6,9-12,17-18,22,36H,5,7-8,13-16,19-20H2,1-4H3. The molecule has 1 aliphatic carbocycles. The van der Waals surface area contributed by atoms with E-state index in [1.54, 1.807) is 52.4 Å². The minimum absolute atomic E-state index is 0.0759. The van der Waals surface area contributed by atoms with Gasteiger partial charge in [0.2, 0.25) is 0 Å². The number of ether oxygens (including phenoxy) is 1. The first-order chi connectivity index (χ1) is 17.5. The van der Waals surface area contributed by atoms with Crippen LogP contribution in [0.15, 0.2) is 42.5 Å². The Morgan fingerprint density at radius 2 is 1.86 bits per heavy atom. The number of rotatable bonds is 8. The molecule has 0 aromatic heterocycles. The fourth-order valence-corrected chi connectivity index (χ4v) is 6.33. The van der Waals surface area contributed by atoms with Gasteiger partial charge in [-0.2, -0.15) is 0 Å². The summed E-state index contributed by atoms with van der Waals surface area (Å²) in [5, 5.41) is 11.6. The number of nitrogens with zero attached hydrogens (tertiary/aromatic N) is 2. The van der Waals surface area contributed by atoms with Gasteiger partial charge in [-0.1, -0.05) is 36.2 Å². The highest BCUT2D eigenvalue weighted by molar-refractivity contribution is 6.33. The third-order valence-electron chi connectivity index (χ3n) is 8.35. The van der Waals surface area contributed by atoms with E-state index in [0.717, 1.165) is 31.6 Å². The fourth-order valence-electron chi connectivity index (χ4n) is 6.04. The molecule has 4 rings (SSSR count). The molecule has 2 fully saturated rings. The molecule has 1 atom stereocenters. The number of carbonyl (C=O) groups excluding carboxylic acids is 2. The summed E-state index contributed by atoms with van der Waals surface area (Å²) >= 11 is 6.36. The van der Waals surface area contributed by atoms with Crippen LogP contribution in [0.25, 0.3) is 0 Å². The van der Waals surface area contributed by atoms with Gasteiger partial charge in [-0.05, 0) is 92.2 Å². The normalized spacial score (nSPS) is 18.7. The van der Waals surface area contributed by atoms with E-state index in [1.807, 2.05) is 23.1 Å². The summed E-state index contributed by atoms with van der Waals surface area (Å²) in [7, 11) is 5.03. The Kier molecular flexibility index (Phi) is 8.20. The van der Waals surface area contributed by atoms with Crippen LogP contribution in [-0.4, -0.2) is 61.0 Å². The maximum Gasteiger partial charge on any atom is 0.258 e. The summed E-state index contributed by atoms with van der Waals surface area (Å²) in [6.07, 6.45) is 7.69. The second-order valence-corrected chi connectivity index (χ2v) is 11.7. The molecule has 0 bridgehead atoms. The van der Waals surface area contributed by atoms with Gasteiger partial charge in [-0.15, -0.1) is 0 Å². The Bertz CT molecular complexity index is 1130. The Balaban J connectivity index is 1.22. The second-order valence-electron chi connectivity index (χ2n) is 11.3. The van der Waals surface area contributed by atoms with Gasteiger partial charge in [0.25, 0.3) is 11.8 Å². The Morgan fingerprint density at radius 1 is 1.16 bits per heavy atom. The van der Waals surface area contributed by atoms with E-state index in [0.29, 0.717) is 40.4 Å². The number of halogens is 1. The molecule has 1 unspecified atom stereocenters. The maximum atomic E-state index is 13.2. The third-order valence-corrected chi connectivity index (χ3v) is 8.66. The topological polar surface area (TPSA) is 70.1 Å². The van der Waals surface area contributed by atoms with Crippen molar-refractivity contribution in [3.63, 3.8) is 0 Å². The van der Waals surface area contributed by atoms with E-state index in [2.05, 4.69) is 0 Å².